The van der Waals surface area contributed by atoms with Crippen LogP contribution in [-0.2, 0) is 30.8 Å². The molecular weight excluding hydrogens is 202 g/mol. The van der Waals surface area contributed by atoms with Gasteiger partial charge in [0.25, 0.3) is 0 Å². The molecule has 0 heterocycles. The first-order chi connectivity index (χ1) is 2.00. The van der Waals surface area contributed by atoms with Crippen LogP contribution in [0.5, 0.6) is 0 Å². The van der Waals surface area contributed by atoms with Gasteiger partial charge in [0.2, 0.25) is 0 Å². The molecule has 0 aliphatic heterocycles. The van der Waals surface area contributed by atoms with Gasteiger partial charge in [0.05, 0.1) is 7.82 Å². The molecule has 0 saturated carbocycles. The molecule has 0 aromatic rings. The van der Waals surface area contributed by atoms with E-state index in [9.17, 15) is 0 Å². The molecule has 0 aromatic carbocycles. The maximum Gasteiger partial charge on any atom is 2.00 e. The van der Waals surface area contributed by atoms with Gasteiger partial charge in [0.15, 0.2) is 0 Å². The second-order valence-corrected chi connectivity index (χ2v) is 1.41. The summed E-state index contributed by atoms with van der Waals surface area (Å²) in [5, 5.41) is 0. The van der Waals surface area contributed by atoms with Crippen LogP contribution in [0, 0.1) is 0 Å². The summed E-state index contributed by atoms with van der Waals surface area (Å²) < 4.78 is 8.66. The van der Waals surface area contributed by atoms with Crippen LogP contribution in [-0.4, -0.2) is 10.4 Å². The number of phosphoric acid groups is 1. The van der Waals surface area contributed by atoms with E-state index in [0.29, 0.717) is 0 Å². The molecule has 0 bridgehead atoms. The molecule has 7 heavy (non-hydrogen) atoms. The Kier molecular flexibility index (Phi) is 11.4. The van der Waals surface area contributed by atoms with Crippen molar-refractivity contribution in [2.24, 2.45) is 0 Å². The Bertz CT molecular complexity index is 54.2. The first kappa shape index (κ1) is 15.7. The maximum absolute atomic E-state index is 8.66. The van der Waals surface area contributed by atoms with Gasteiger partial charge in [0, 0.05) is 0 Å². The molecule has 0 spiro atoms. The van der Waals surface area contributed by atoms with Crippen molar-refractivity contribution >= 4 is 7.82 Å². The molecule has 0 atom stereocenters. The molecule has 0 fully saturated rings. The standard InChI is InChI=1S/H3O4P.H2O.Zr/c1-5(2,3)4;;/h(H3,1,2,3,4);1H2;/q;;+2/p-2. The predicted molar refractivity (Wildman–Crippen MR) is 13.4 cm³/mol. The van der Waals surface area contributed by atoms with Crippen LogP contribution >= 0.6 is 7.82 Å². The van der Waals surface area contributed by atoms with Crippen LogP contribution in [0.15, 0.2) is 0 Å². The van der Waals surface area contributed by atoms with Gasteiger partial charge in [-0.1, -0.05) is 0 Å². The van der Waals surface area contributed by atoms with E-state index in [0.717, 1.165) is 0 Å². The van der Waals surface area contributed by atoms with E-state index in [4.69, 9.17) is 19.2 Å². The third-order valence-corrected chi connectivity index (χ3v) is 0. The van der Waals surface area contributed by atoms with Gasteiger partial charge in [0.1, 0.15) is 0 Å². The fourth-order valence-corrected chi connectivity index (χ4v) is 0. The fourth-order valence-electron chi connectivity index (χ4n) is 0. The first-order valence-electron chi connectivity index (χ1n) is 0.748. The summed E-state index contributed by atoms with van der Waals surface area (Å²) in [5.74, 6) is 0. The van der Waals surface area contributed by atoms with Gasteiger partial charge >= 0.3 is 26.2 Å². The van der Waals surface area contributed by atoms with E-state index in [1.807, 2.05) is 0 Å². The van der Waals surface area contributed by atoms with E-state index in [2.05, 4.69) is 0 Å². The average molecular weight is 205 g/mol. The molecule has 0 unspecified atom stereocenters. The molecule has 5 nitrogen and oxygen atoms in total. The maximum atomic E-state index is 8.66. The van der Waals surface area contributed by atoms with Crippen molar-refractivity contribution in [1.82, 2.24) is 0 Å². The van der Waals surface area contributed by atoms with Crippen LogP contribution in [0.3, 0.4) is 0 Å². The largest absolute Gasteiger partial charge is 2.00 e. The molecule has 0 aromatic heterocycles. The van der Waals surface area contributed by atoms with Gasteiger partial charge in [-0.2, -0.15) is 0 Å². The third-order valence-electron chi connectivity index (χ3n) is 0. The molecule has 0 radical (unpaired) electrons. The molecule has 0 aliphatic rings. The smallest absolute Gasteiger partial charge is 0.790 e. The van der Waals surface area contributed by atoms with E-state index in [1.54, 1.807) is 0 Å². The minimum absolute atomic E-state index is 0. The monoisotopic (exact) mass is 204 g/mol. The fraction of sp³-hybridized carbons (Fsp3) is 0. The van der Waals surface area contributed by atoms with E-state index in [-0.39, 0.29) is 31.7 Å². The molecular formula is H3O5PZr. The van der Waals surface area contributed by atoms with Crippen LogP contribution < -0.4 is 9.79 Å². The van der Waals surface area contributed by atoms with Crippen molar-refractivity contribution in [3.8, 4) is 0 Å². The number of hydrogen-bond donors (Lipinski definition) is 1. The summed E-state index contributed by atoms with van der Waals surface area (Å²) in [4.78, 5) is 24.3. The second-order valence-electron chi connectivity index (χ2n) is 0.469. The van der Waals surface area contributed by atoms with Crippen molar-refractivity contribution in [3.63, 3.8) is 0 Å². The van der Waals surface area contributed by atoms with Gasteiger partial charge in [-0.25, -0.2) is 0 Å². The zero-order valence-electron chi connectivity index (χ0n) is 3.12. The Morgan fingerprint density at radius 2 is 1.43 bits per heavy atom. The molecule has 3 N–H and O–H groups in total. The summed E-state index contributed by atoms with van der Waals surface area (Å²) in [6, 6.07) is 0. The van der Waals surface area contributed by atoms with Gasteiger partial charge < -0.3 is 24.7 Å². The molecule has 0 aliphatic carbocycles. The quantitative estimate of drug-likeness (QED) is 0.424. The second kappa shape index (κ2) is 5.10. The SMILES string of the molecule is O.O=P([O-])([O-])O.[Zr+2]. The predicted octanol–water partition coefficient (Wildman–Crippen LogP) is -3.02. The molecule has 0 amide bonds. The molecule has 0 saturated heterocycles. The first-order valence-corrected chi connectivity index (χ1v) is 2.24. The van der Waals surface area contributed by atoms with Crippen LogP contribution in [0.2, 0.25) is 0 Å². The van der Waals surface area contributed by atoms with Crippen molar-refractivity contribution in [2.45, 2.75) is 0 Å². The van der Waals surface area contributed by atoms with Crippen LogP contribution in [0.25, 0.3) is 0 Å². The third kappa shape index (κ3) is 188. The Hall–Kier alpha value is 0.953. The van der Waals surface area contributed by atoms with E-state index in [1.165, 1.54) is 0 Å². The number of rotatable bonds is 0. The topological polar surface area (TPSA) is 115 Å². The minimum Gasteiger partial charge on any atom is -0.790 e. The molecule has 42 valence electrons. The van der Waals surface area contributed by atoms with Crippen LogP contribution in [0.4, 0.5) is 0 Å². The van der Waals surface area contributed by atoms with E-state index < -0.39 is 7.82 Å². The van der Waals surface area contributed by atoms with Crippen LogP contribution in [0.1, 0.15) is 0 Å². The summed E-state index contributed by atoms with van der Waals surface area (Å²) in [5.41, 5.74) is 0. The molecule has 7 heteroatoms. The van der Waals surface area contributed by atoms with E-state index >= 15 is 0 Å². The average Bonchev–Trinajstić information content (AvgIpc) is 0.722. The Morgan fingerprint density at radius 1 is 1.43 bits per heavy atom. The Labute approximate surface area is 59.0 Å². The zero-order chi connectivity index (χ0) is 4.50. The van der Waals surface area contributed by atoms with Gasteiger partial charge in [-0.15, -0.1) is 0 Å². The number of hydrogen-bond acceptors (Lipinski definition) is 3. The van der Waals surface area contributed by atoms with Crippen molar-refractivity contribution in [1.29, 1.82) is 0 Å². The zero-order valence-corrected chi connectivity index (χ0v) is 6.47. The van der Waals surface area contributed by atoms with Crippen molar-refractivity contribution in [3.05, 3.63) is 0 Å². The van der Waals surface area contributed by atoms with Gasteiger partial charge in [-0.3, -0.25) is 0 Å². The summed E-state index contributed by atoms with van der Waals surface area (Å²) in [6.07, 6.45) is 0. The Balaban J connectivity index is -0.0000000800. The van der Waals surface area contributed by atoms with Crippen molar-refractivity contribution < 1.29 is 50.9 Å². The van der Waals surface area contributed by atoms with Crippen molar-refractivity contribution in [2.75, 3.05) is 0 Å². The minimum atomic E-state index is -5.14. The summed E-state index contributed by atoms with van der Waals surface area (Å²) >= 11 is 0. The Morgan fingerprint density at radius 3 is 1.43 bits per heavy atom. The normalized spacial score (nSPS) is 8.43. The molecule has 0 rings (SSSR count). The van der Waals surface area contributed by atoms with Gasteiger partial charge in [-0.05, 0) is 0 Å². The summed E-state index contributed by atoms with van der Waals surface area (Å²) in [6.45, 7) is 0. The summed E-state index contributed by atoms with van der Waals surface area (Å²) in [7, 11) is -5.14.